The van der Waals surface area contributed by atoms with Crippen molar-refractivity contribution in [3.05, 3.63) is 98.4 Å². The molecule has 0 saturated carbocycles. The van der Waals surface area contributed by atoms with Crippen LogP contribution in [-0.2, 0) is 23.8 Å². The van der Waals surface area contributed by atoms with Crippen LogP contribution in [-0.4, -0.2) is 104 Å². The first kappa shape index (κ1) is 42.8. The van der Waals surface area contributed by atoms with Gasteiger partial charge in [-0.2, -0.15) is 0 Å². The number of methoxy groups -OCH3 is 1. The molecule has 16 nitrogen and oxygen atoms in total. The second-order valence-electron chi connectivity index (χ2n) is 16.9. The molecule has 1 amide bonds. The van der Waals surface area contributed by atoms with Crippen molar-refractivity contribution < 1.29 is 58.9 Å². The zero-order valence-electron chi connectivity index (χ0n) is 34.7. The Morgan fingerprint density at radius 3 is 2.25 bits per heavy atom. The molecule has 0 aromatic carbocycles. The third-order valence-electron chi connectivity index (χ3n) is 12.8. The van der Waals surface area contributed by atoms with Gasteiger partial charge < -0.3 is 59.5 Å². The molecule has 4 heterocycles. The maximum Gasteiger partial charge on any atom is 0.306 e. The summed E-state index contributed by atoms with van der Waals surface area (Å²) in [5.74, 6) is -9.71. The highest BCUT2D eigenvalue weighted by Gasteiger charge is 2.57. The van der Waals surface area contributed by atoms with Crippen LogP contribution in [0, 0.1) is 29.6 Å². The Bertz CT molecular complexity index is 2300. The molecule has 4 bridgehead atoms. The number of nitrogens with one attached hydrogen (secondary N) is 1. The number of aliphatic hydroxyl groups is 6. The van der Waals surface area contributed by atoms with Crippen LogP contribution in [0.1, 0.15) is 65.8 Å². The van der Waals surface area contributed by atoms with Gasteiger partial charge in [-0.15, -0.1) is 0 Å². The van der Waals surface area contributed by atoms with Gasteiger partial charge in [0.2, 0.25) is 5.43 Å². The summed E-state index contributed by atoms with van der Waals surface area (Å²) in [5.41, 5.74) is -0.261. The fourth-order valence-corrected chi connectivity index (χ4v) is 8.78. The predicted octanol–water partition coefficient (Wildman–Crippen LogP) is 3.48. The first-order valence-electron chi connectivity index (χ1n) is 20.1. The van der Waals surface area contributed by atoms with Crippen molar-refractivity contribution in [1.82, 2.24) is 10.3 Å². The van der Waals surface area contributed by atoms with Gasteiger partial charge in [-0.3, -0.25) is 14.4 Å². The summed E-state index contributed by atoms with van der Waals surface area (Å²) in [6.45, 7) is 11.8. The average Bonchev–Trinajstić information content (AvgIpc) is 3.47. The van der Waals surface area contributed by atoms with Crippen LogP contribution in [0.15, 0.2) is 85.9 Å². The van der Waals surface area contributed by atoms with Crippen molar-refractivity contribution in [2.45, 2.75) is 90.7 Å². The second-order valence-corrected chi connectivity index (χ2v) is 16.9. The van der Waals surface area contributed by atoms with Gasteiger partial charge in [-0.25, -0.2) is 4.98 Å². The zero-order chi connectivity index (χ0) is 43.7. The number of hydrogen-bond donors (Lipinski definition) is 7. The van der Waals surface area contributed by atoms with E-state index < -0.39 is 100 Å². The van der Waals surface area contributed by atoms with E-state index >= 15 is 0 Å². The third-order valence-corrected chi connectivity index (χ3v) is 12.8. The van der Waals surface area contributed by atoms with Crippen LogP contribution in [0.25, 0.3) is 17.2 Å². The topological polar surface area (TPSA) is 242 Å². The number of carbonyl (C=O) groups excluding carboxylic acids is 2. The number of rotatable bonds is 2. The van der Waals surface area contributed by atoms with E-state index in [1.54, 1.807) is 50.8 Å². The van der Waals surface area contributed by atoms with E-state index in [0.717, 1.165) is 0 Å². The number of fused-ring (bicyclic) bond motifs is 2. The SMILES string of the molecule is CO[C@H]1/C=C/O[C@@]2(C)OC3=C(C)C(=O)C4C(O)=C(NC(=O)/C(C)=C\C=C\[C@H](C)[C@H](O)[C@@H](C)[C@@H](O)[C@@H](C)[C@H](O)[C@@H]1C)c1oc5cc(N6CC(O)C6)cc(=O)c-5nc1C4C3=C2O. The highest BCUT2D eigenvalue weighted by Crippen LogP contribution is 2.56. The monoisotopic (exact) mass is 831 g/mol. The number of nitrogens with zero attached hydrogens (tertiary/aromatic N) is 2. The lowest BCUT2D eigenvalue weighted by Crippen LogP contribution is -2.51. The fraction of sp³-hybridized carbons (Fsp3) is 0.500. The van der Waals surface area contributed by atoms with Crippen LogP contribution in [0.3, 0.4) is 0 Å². The molecule has 2 unspecified atom stereocenters. The van der Waals surface area contributed by atoms with Crippen molar-refractivity contribution in [2.75, 3.05) is 25.1 Å². The molecule has 16 heteroatoms. The summed E-state index contributed by atoms with van der Waals surface area (Å²) >= 11 is 0. The standard InChI is InChI=1S/C44H53N3O13/c1-18-10-9-11-19(2)43(56)46-34-39(54)30-29(33-41(34)59-28-15-24(47-16-25(48)17-47)14-26(49)32(28)45-33)31-40(23(6)38(30)53)60-44(7,42(31)55)58-13-12-27(57-8)20(3)36(51)22(5)37(52)21(4)35(18)50/h9-15,18,20-22,25,27,29-30,35-37,48,50-52,54-55H,16-17H2,1-8H3,(H,46,56)/b10-9+,13-12+,19-11-/t18-,20+,21+,22-,27-,29?,30?,35-,36+,37+,44-/m0/s1. The van der Waals surface area contributed by atoms with Gasteiger partial charge in [0, 0.05) is 79.8 Å². The molecular formula is C44H53N3O13. The Kier molecular flexibility index (Phi) is 11.4. The van der Waals surface area contributed by atoms with Crippen molar-refractivity contribution in [1.29, 1.82) is 0 Å². The minimum Gasteiger partial charge on any atom is -0.509 e. The maximum absolute atomic E-state index is 14.3. The average molecular weight is 832 g/mol. The molecule has 0 radical (unpaired) electrons. The highest BCUT2D eigenvalue weighted by atomic mass is 16.7. The van der Waals surface area contributed by atoms with E-state index in [1.807, 2.05) is 0 Å². The quantitative estimate of drug-likeness (QED) is 0.229. The molecule has 60 heavy (non-hydrogen) atoms. The van der Waals surface area contributed by atoms with Gasteiger partial charge in [0.1, 0.15) is 17.2 Å². The normalized spacial score (nSPS) is 36.3. The Labute approximate surface area is 346 Å². The largest absolute Gasteiger partial charge is 0.509 e. The number of anilines is 1. The van der Waals surface area contributed by atoms with Gasteiger partial charge in [0.05, 0.1) is 59.9 Å². The van der Waals surface area contributed by atoms with Crippen LogP contribution >= 0.6 is 0 Å². The van der Waals surface area contributed by atoms with Crippen LogP contribution in [0.5, 0.6) is 0 Å². The Morgan fingerprint density at radius 1 is 0.917 bits per heavy atom. The number of ketones is 1. The van der Waals surface area contributed by atoms with Crippen molar-refractivity contribution in [3.63, 3.8) is 0 Å². The Balaban J connectivity index is 1.41. The second kappa shape index (κ2) is 16.0. The van der Waals surface area contributed by atoms with Crippen molar-refractivity contribution >= 4 is 23.1 Å². The highest BCUT2D eigenvalue weighted by molar-refractivity contribution is 6.05. The lowest BCUT2D eigenvalue weighted by molar-refractivity contribution is -0.146. The molecule has 3 aliphatic carbocycles. The number of aliphatic hydroxyl groups excluding tert-OH is 6. The molecule has 1 fully saturated rings. The number of carbonyl (C=O) groups is 2. The van der Waals surface area contributed by atoms with Crippen molar-refractivity contribution in [3.8, 4) is 11.5 Å². The van der Waals surface area contributed by atoms with Gasteiger partial charge in [0.15, 0.2) is 28.8 Å². The minimum absolute atomic E-state index is 0.000545. The maximum atomic E-state index is 14.3. The molecule has 7 N–H and O–H groups in total. The first-order valence-corrected chi connectivity index (χ1v) is 20.1. The smallest absolute Gasteiger partial charge is 0.306 e. The zero-order valence-corrected chi connectivity index (χ0v) is 34.7. The molecule has 7 rings (SSSR count). The Hall–Kier alpha value is -5.26. The first-order chi connectivity index (χ1) is 28.3. The summed E-state index contributed by atoms with van der Waals surface area (Å²) < 4.78 is 24.3. The van der Waals surface area contributed by atoms with Crippen LogP contribution < -0.4 is 15.6 Å². The van der Waals surface area contributed by atoms with E-state index in [0.29, 0.717) is 18.8 Å². The van der Waals surface area contributed by atoms with Gasteiger partial charge >= 0.3 is 5.79 Å². The lowest BCUT2D eigenvalue weighted by Gasteiger charge is -2.38. The molecule has 0 aromatic rings. The summed E-state index contributed by atoms with van der Waals surface area (Å²) in [7, 11) is 1.44. The third kappa shape index (κ3) is 7.13. The summed E-state index contributed by atoms with van der Waals surface area (Å²) in [6, 6.07) is 2.92. The number of ether oxygens (including phenoxy) is 3. The van der Waals surface area contributed by atoms with E-state index in [4.69, 9.17) is 23.6 Å². The van der Waals surface area contributed by atoms with Crippen molar-refractivity contribution in [2.24, 2.45) is 29.6 Å². The molecule has 4 aliphatic heterocycles. The number of benzene rings is 1. The molecule has 11 atom stereocenters. The van der Waals surface area contributed by atoms with Gasteiger partial charge in [-0.1, -0.05) is 45.9 Å². The fourth-order valence-electron chi connectivity index (χ4n) is 8.78. The summed E-state index contributed by atoms with van der Waals surface area (Å²) in [6.07, 6.45) is 2.89. The number of aromatic nitrogens is 1. The summed E-state index contributed by atoms with van der Waals surface area (Å²) in [5, 5.41) is 70.7. The van der Waals surface area contributed by atoms with Gasteiger partial charge in [0.25, 0.3) is 5.91 Å². The van der Waals surface area contributed by atoms with Crippen LogP contribution in [0.4, 0.5) is 5.69 Å². The molecular weight excluding hydrogens is 778 g/mol. The van der Waals surface area contributed by atoms with E-state index in [2.05, 4.69) is 5.32 Å². The van der Waals surface area contributed by atoms with E-state index in [-0.39, 0.29) is 51.1 Å². The molecule has 322 valence electrons. The van der Waals surface area contributed by atoms with E-state index in [1.165, 1.54) is 52.4 Å². The number of amides is 1. The number of hydrogen-bond acceptors (Lipinski definition) is 15. The molecule has 7 aliphatic rings. The Morgan fingerprint density at radius 2 is 1.58 bits per heavy atom. The number of β-amino-alcohol motifs (C(OH)–C–C–N with tert-alkyl or cyclic N) is 1. The minimum atomic E-state index is -1.94. The summed E-state index contributed by atoms with van der Waals surface area (Å²) in [4.78, 5) is 48.3. The lowest BCUT2D eigenvalue weighted by atomic mass is 9.69. The molecule has 0 aromatic heterocycles. The molecule has 1 saturated heterocycles. The van der Waals surface area contributed by atoms with Gasteiger partial charge in [-0.05, 0) is 19.9 Å². The van der Waals surface area contributed by atoms with E-state index in [9.17, 15) is 45.0 Å². The molecule has 0 spiro atoms. The number of allylic oxidation sites excluding steroid dienone is 5. The van der Waals surface area contributed by atoms with Crippen LogP contribution in [0.2, 0.25) is 0 Å². The number of Topliss-reactive ketones (excluding diaryl/α,β-unsaturated/α-hetero) is 1. The predicted molar refractivity (Wildman–Crippen MR) is 217 cm³/mol.